The zero-order valence-electron chi connectivity index (χ0n) is 13.4. The van der Waals surface area contributed by atoms with E-state index in [1.807, 2.05) is 12.1 Å². The molecular formula is C16H18N4O3S. The Morgan fingerprint density at radius 2 is 1.75 bits per heavy atom. The second kappa shape index (κ2) is 6.48. The van der Waals surface area contributed by atoms with Crippen molar-refractivity contribution >= 4 is 32.4 Å². The molecule has 0 aliphatic heterocycles. The van der Waals surface area contributed by atoms with Gasteiger partial charge < -0.3 is 4.90 Å². The van der Waals surface area contributed by atoms with Crippen molar-refractivity contribution in [2.75, 3.05) is 22.7 Å². The van der Waals surface area contributed by atoms with Crippen LogP contribution in [0.3, 0.4) is 0 Å². The van der Waals surface area contributed by atoms with E-state index in [-0.39, 0.29) is 10.4 Å². The molecule has 0 atom stereocenters. The molecule has 0 saturated carbocycles. The van der Waals surface area contributed by atoms with Gasteiger partial charge in [0.1, 0.15) is 10.4 Å². The SMILES string of the molecule is CCN(CC)c1ccc(NS(=O)(=O)c2cccc3nonc23)cc1. The average molecular weight is 346 g/mol. The molecule has 0 fully saturated rings. The molecule has 0 unspecified atom stereocenters. The zero-order chi connectivity index (χ0) is 17.2. The van der Waals surface area contributed by atoms with Crippen LogP contribution in [0.25, 0.3) is 11.0 Å². The first-order chi connectivity index (χ1) is 11.5. The van der Waals surface area contributed by atoms with Crippen LogP contribution in [0.15, 0.2) is 52.0 Å². The van der Waals surface area contributed by atoms with Gasteiger partial charge >= 0.3 is 0 Å². The summed E-state index contributed by atoms with van der Waals surface area (Å²) in [5.74, 6) is 0. The van der Waals surface area contributed by atoms with Crippen molar-refractivity contribution in [3.05, 3.63) is 42.5 Å². The van der Waals surface area contributed by atoms with E-state index in [0.29, 0.717) is 11.2 Å². The monoisotopic (exact) mass is 346 g/mol. The molecule has 0 aliphatic rings. The van der Waals surface area contributed by atoms with E-state index in [4.69, 9.17) is 0 Å². The van der Waals surface area contributed by atoms with Crippen LogP contribution >= 0.6 is 0 Å². The van der Waals surface area contributed by atoms with Crippen LogP contribution in [0, 0.1) is 0 Å². The first-order valence-electron chi connectivity index (χ1n) is 7.64. The molecular weight excluding hydrogens is 328 g/mol. The highest BCUT2D eigenvalue weighted by molar-refractivity contribution is 7.93. The highest BCUT2D eigenvalue weighted by Crippen LogP contribution is 2.24. The normalized spacial score (nSPS) is 11.6. The molecule has 7 nitrogen and oxygen atoms in total. The molecule has 0 aliphatic carbocycles. The standard InChI is InChI=1S/C16H18N4O3S/c1-3-20(4-2)13-10-8-12(9-11-13)19-24(21,22)15-7-5-6-14-16(15)18-23-17-14/h5-11,19H,3-4H2,1-2H3. The predicted molar refractivity (Wildman–Crippen MR) is 92.6 cm³/mol. The van der Waals surface area contributed by atoms with Crippen molar-refractivity contribution in [3.63, 3.8) is 0 Å². The molecule has 1 aromatic heterocycles. The molecule has 3 rings (SSSR count). The minimum Gasteiger partial charge on any atom is -0.372 e. The van der Waals surface area contributed by atoms with Crippen LogP contribution in [-0.2, 0) is 10.0 Å². The zero-order valence-corrected chi connectivity index (χ0v) is 14.2. The van der Waals surface area contributed by atoms with Crippen LogP contribution in [-0.4, -0.2) is 31.8 Å². The van der Waals surface area contributed by atoms with E-state index in [2.05, 4.69) is 38.4 Å². The average Bonchev–Trinajstić information content (AvgIpc) is 3.05. The maximum atomic E-state index is 12.6. The lowest BCUT2D eigenvalue weighted by Crippen LogP contribution is -2.21. The van der Waals surface area contributed by atoms with Crippen molar-refractivity contribution in [3.8, 4) is 0 Å². The number of rotatable bonds is 6. The summed E-state index contributed by atoms with van der Waals surface area (Å²) in [6, 6.07) is 12.0. The van der Waals surface area contributed by atoms with Gasteiger partial charge in [-0.25, -0.2) is 13.0 Å². The minimum absolute atomic E-state index is 0.0362. The van der Waals surface area contributed by atoms with Gasteiger partial charge in [0.2, 0.25) is 0 Å². The van der Waals surface area contributed by atoms with Gasteiger partial charge in [0.15, 0.2) is 5.52 Å². The topological polar surface area (TPSA) is 88.3 Å². The van der Waals surface area contributed by atoms with Gasteiger partial charge in [0.25, 0.3) is 10.0 Å². The molecule has 126 valence electrons. The lowest BCUT2D eigenvalue weighted by molar-refractivity contribution is 0.315. The maximum absolute atomic E-state index is 12.6. The number of nitrogens with one attached hydrogen (secondary N) is 1. The number of nitrogens with zero attached hydrogens (tertiary/aromatic N) is 3. The number of anilines is 2. The fraction of sp³-hybridized carbons (Fsp3) is 0.250. The molecule has 0 radical (unpaired) electrons. The highest BCUT2D eigenvalue weighted by Gasteiger charge is 2.20. The van der Waals surface area contributed by atoms with Crippen LogP contribution < -0.4 is 9.62 Å². The second-order valence-corrected chi connectivity index (χ2v) is 6.86. The van der Waals surface area contributed by atoms with E-state index in [1.54, 1.807) is 24.3 Å². The van der Waals surface area contributed by atoms with Gasteiger partial charge in [-0.2, -0.15) is 0 Å². The van der Waals surface area contributed by atoms with E-state index < -0.39 is 10.0 Å². The molecule has 1 N–H and O–H groups in total. The summed E-state index contributed by atoms with van der Waals surface area (Å²) in [6.45, 7) is 5.94. The molecule has 0 amide bonds. The minimum atomic E-state index is -3.78. The molecule has 1 heterocycles. The maximum Gasteiger partial charge on any atom is 0.264 e. The third-order valence-corrected chi connectivity index (χ3v) is 5.20. The first-order valence-corrected chi connectivity index (χ1v) is 9.12. The largest absolute Gasteiger partial charge is 0.372 e. The Morgan fingerprint density at radius 3 is 2.42 bits per heavy atom. The van der Waals surface area contributed by atoms with E-state index in [1.165, 1.54) is 6.07 Å². The lowest BCUT2D eigenvalue weighted by Gasteiger charge is -2.21. The molecule has 0 saturated heterocycles. The number of hydrogen-bond donors (Lipinski definition) is 1. The van der Waals surface area contributed by atoms with Crippen LogP contribution in [0.2, 0.25) is 0 Å². The van der Waals surface area contributed by atoms with Crippen LogP contribution in [0.4, 0.5) is 11.4 Å². The van der Waals surface area contributed by atoms with Crippen molar-refractivity contribution in [1.29, 1.82) is 0 Å². The number of benzene rings is 2. The van der Waals surface area contributed by atoms with Gasteiger partial charge in [-0.1, -0.05) is 6.07 Å². The number of aromatic nitrogens is 2. The summed E-state index contributed by atoms with van der Waals surface area (Å²) in [5, 5.41) is 7.34. The lowest BCUT2D eigenvalue weighted by atomic mass is 10.2. The highest BCUT2D eigenvalue weighted by atomic mass is 32.2. The van der Waals surface area contributed by atoms with E-state index >= 15 is 0 Å². The number of fused-ring (bicyclic) bond motifs is 1. The Morgan fingerprint density at radius 1 is 1.04 bits per heavy atom. The number of sulfonamides is 1. The fourth-order valence-corrected chi connectivity index (χ4v) is 3.75. The summed E-state index contributed by atoms with van der Waals surface area (Å²) < 4.78 is 32.4. The Labute approximate surface area is 140 Å². The van der Waals surface area contributed by atoms with Crippen molar-refractivity contribution in [2.24, 2.45) is 0 Å². The van der Waals surface area contributed by atoms with E-state index in [0.717, 1.165) is 18.8 Å². The molecule has 3 aromatic rings. The third kappa shape index (κ3) is 3.05. The molecule has 2 aromatic carbocycles. The number of hydrogen-bond acceptors (Lipinski definition) is 6. The smallest absolute Gasteiger partial charge is 0.264 e. The summed E-state index contributed by atoms with van der Waals surface area (Å²) in [5.41, 5.74) is 2.14. The first kappa shape index (κ1) is 16.3. The third-order valence-electron chi connectivity index (χ3n) is 3.79. The van der Waals surface area contributed by atoms with Crippen LogP contribution in [0.5, 0.6) is 0 Å². The summed E-state index contributed by atoms with van der Waals surface area (Å²) in [7, 11) is -3.78. The molecule has 24 heavy (non-hydrogen) atoms. The quantitative estimate of drug-likeness (QED) is 0.738. The van der Waals surface area contributed by atoms with Gasteiger partial charge in [0, 0.05) is 24.5 Å². The van der Waals surface area contributed by atoms with Gasteiger partial charge in [-0.05, 0) is 60.6 Å². The Kier molecular flexibility index (Phi) is 4.39. The molecule has 0 bridgehead atoms. The van der Waals surface area contributed by atoms with Gasteiger partial charge in [-0.15, -0.1) is 0 Å². The van der Waals surface area contributed by atoms with E-state index in [9.17, 15) is 8.42 Å². The van der Waals surface area contributed by atoms with Crippen molar-refractivity contribution in [2.45, 2.75) is 18.7 Å². The second-order valence-electron chi connectivity index (χ2n) is 5.21. The molecule has 8 heteroatoms. The van der Waals surface area contributed by atoms with Crippen molar-refractivity contribution < 1.29 is 13.0 Å². The Balaban J connectivity index is 1.88. The molecule has 0 spiro atoms. The van der Waals surface area contributed by atoms with Gasteiger partial charge in [-0.3, -0.25) is 4.72 Å². The van der Waals surface area contributed by atoms with Crippen LogP contribution in [0.1, 0.15) is 13.8 Å². The Bertz CT molecular complexity index is 931. The summed E-state index contributed by atoms with van der Waals surface area (Å²) >= 11 is 0. The van der Waals surface area contributed by atoms with Crippen molar-refractivity contribution in [1.82, 2.24) is 10.3 Å². The Hall–Kier alpha value is -2.61. The summed E-state index contributed by atoms with van der Waals surface area (Å²) in [6.07, 6.45) is 0. The predicted octanol–water partition coefficient (Wildman–Crippen LogP) is 2.87. The van der Waals surface area contributed by atoms with Gasteiger partial charge in [0.05, 0.1) is 0 Å². The summed E-state index contributed by atoms with van der Waals surface area (Å²) in [4.78, 5) is 2.22. The fourth-order valence-electron chi connectivity index (χ4n) is 2.54.